The van der Waals surface area contributed by atoms with Crippen LogP contribution < -0.4 is 9.47 Å². The Balaban J connectivity index is 1.64. The number of rotatable bonds is 5. The van der Waals surface area contributed by atoms with E-state index in [1.54, 1.807) is 18.0 Å². The molecule has 0 aliphatic carbocycles. The highest BCUT2D eigenvalue weighted by Crippen LogP contribution is 2.16. The normalized spacial score (nSPS) is 10.3. The minimum Gasteiger partial charge on any atom is -0.497 e. The lowest BCUT2D eigenvalue weighted by Gasteiger charge is -2.05. The molecule has 4 heteroatoms. The van der Waals surface area contributed by atoms with E-state index in [4.69, 9.17) is 9.47 Å². The van der Waals surface area contributed by atoms with Crippen molar-refractivity contribution in [3.8, 4) is 17.2 Å². The molecule has 1 heterocycles. The zero-order chi connectivity index (χ0) is 14.5. The molecule has 0 saturated carbocycles. The van der Waals surface area contributed by atoms with Crippen molar-refractivity contribution in [3.05, 3.63) is 72.6 Å². The molecule has 0 fully saturated rings. The molecule has 0 spiro atoms. The Bertz CT molecular complexity index is 690. The van der Waals surface area contributed by atoms with Gasteiger partial charge in [0.05, 0.1) is 25.2 Å². The van der Waals surface area contributed by atoms with Gasteiger partial charge in [-0.3, -0.25) is 0 Å². The maximum absolute atomic E-state index is 5.74. The second-order valence-electron chi connectivity index (χ2n) is 4.59. The SMILES string of the molecule is COc1ccc(COc2cnn(-c3ccccc3)c2)cc1. The van der Waals surface area contributed by atoms with Crippen LogP contribution in [0.25, 0.3) is 5.69 Å². The molecule has 0 aliphatic heterocycles. The molecule has 4 nitrogen and oxygen atoms in total. The van der Waals surface area contributed by atoms with Crippen LogP contribution in [0.2, 0.25) is 0 Å². The van der Waals surface area contributed by atoms with Crippen molar-refractivity contribution in [3.63, 3.8) is 0 Å². The van der Waals surface area contributed by atoms with Crippen molar-refractivity contribution in [2.75, 3.05) is 7.11 Å². The number of ether oxygens (including phenoxy) is 2. The van der Waals surface area contributed by atoms with Gasteiger partial charge in [-0.1, -0.05) is 30.3 Å². The van der Waals surface area contributed by atoms with E-state index >= 15 is 0 Å². The van der Waals surface area contributed by atoms with E-state index < -0.39 is 0 Å². The Hall–Kier alpha value is -2.75. The topological polar surface area (TPSA) is 36.3 Å². The monoisotopic (exact) mass is 280 g/mol. The van der Waals surface area contributed by atoms with E-state index in [2.05, 4.69) is 5.10 Å². The van der Waals surface area contributed by atoms with Gasteiger partial charge in [0.2, 0.25) is 0 Å². The van der Waals surface area contributed by atoms with Gasteiger partial charge in [-0.05, 0) is 29.8 Å². The average molecular weight is 280 g/mol. The van der Waals surface area contributed by atoms with E-state index in [-0.39, 0.29) is 0 Å². The van der Waals surface area contributed by atoms with Gasteiger partial charge in [-0.25, -0.2) is 4.68 Å². The number of nitrogens with zero attached hydrogens (tertiary/aromatic N) is 2. The van der Waals surface area contributed by atoms with E-state index in [9.17, 15) is 0 Å². The molecule has 0 atom stereocenters. The summed E-state index contributed by atoms with van der Waals surface area (Å²) >= 11 is 0. The largest absolute Gasteiger partial charge is 0.497 e. The molecular formula is C17H16N2O2. The molecule has 2 aromatic carbocycles. The maximum atomic E-state index is 5.74. The highest BCUT2D eigenvalue weighted by Gasteiger charge is 2.02. The molecule has 3 aromatic rings. The number of aromatic nitrogens is 2. The molecule has 3 rings (SSSR count). The van der Waals surface area contributed by atoms with Gasteiger partial charge in [-0.2, -0.15) is 5.10 Å². The van der Waals surface area contributed by atoms with Gasteiger partial charge in [0, 0.05) is 0 Å². The fraction of sp³-hybridized carbons (Fsp3) is 0.118. The van der Waals surface area contributed by atoms with E-state index in [0.29, 0.717) is 6.61 Å². The first-order valence-electron chi connectivity index (χ1n) is 6.71. The Labute approximate surface area is 123 Å². The zero-order valence-electron chi connectivity index (χ0n) is 11.8. The van der Waals surface area contributed by atoms with Crippen LogP contribution in [0.4, 0.5) is 0 Å². The van der Waals surface area contributed by atoms with Crippen LogP contribution in [0.3, 0.4) is 0 Å². The Morgan fingerprint density at radius 3 is 2.43 bits per heavy atom. The summed E-state index contributed by atoms with van der Waals surface area (Å²) in [5, 5.41) is 4.30. The summed E-state index contributed by atoms with van der Waals surface area (Å²) in [6.07, 6.45) is 3.59. The summed E-state index contributed by atoms with van der Waals surface area (Å²) in [7, 11) is 1.66. The second kappa shape index (κ2) is 6.13. The summed E-state index contributed by atoms with van der Waals surface area (Å²) < 4.78 is 12.7. The lowest BCUT2D eigenvalue weighted by atomic mass is 10.2. The van der Waals surface area contributed by atoms with Crippen LogP contribution in [0, 0.1) is 0 Å². The Morgan fingerprint density at radius 2 is 1.71 bits per heavy atom. The van der Waals surface area contributed by atoms with Gasteiger partial charge < -0.3 is 9.47 Å². The Kier molecular flexibility index (Phi) is 3.87. The summed E-state index contributed by atoms with van der Waals surface area (Å²) in [5.41, 5.74) is 2.10. The number of hydrogen-bond donors (Lipinski definition) is 0. The number of methoxy groups -OCH3 is 1. The molecule has 0 saturated heterocycles. The molecule has 0 aliphatic rings. The van der Waals surface area contributed by atoms with Crippen molar-refractivity contribution in [2.45, 2.75) is 6.61 Å². The standard InChI is InChI=1S/C17H16N2O2/c1-20-16-9-7-14(8-10-16)13-21-17-11-18-19(12-17)15-5-3-2-4-6-15/h2-12H,13H2,1H3. The van der Waals surface area contributed by atoms with E-state index in [1.165, 1.54) is 0 Å². The molecule has 0 bridgehead atoms. The van der Waals surface area contributed by atoms with Crippen LogP contribution in [-0.4, -0.2) is 16.9 Å². The summed E-state index contributed by atoms with van der Waals surface area (Å²) in [4.78, 5) is 0. The molecule has 0 N–H and O–H groups in total. The van der Waals surface area contributed by atoms with E-state index in [0.717, 1.165) is 22.7 Å². The minimum absolute atomic E-state index is 0.504. The molecule has 0 amide bonds. The molecule has 0 radical (unpaired) electrons. The van der Waals surface area contributed by atoms with Crippen LogP contribution in [-0.2, 0) is 6.61 Å². The smallest absolute Gasteiger partial charge is 0.158 e. The molecular weight excluding hydrogens is 264 g/mol. The molecule has 21 heavy (non-hydrogen) atoms. The van der Waals surface area contributed by atoms with Crippen molar-refractivity contribution in [1.29, 1.82) is 0 Å². The number of hydrogen-bond acceptors (Lipinski definition) is 3. The van der Waals surface area contributed by atoms with Crippen molar-refractivity contribution in [1.82, 2.24) is 9.78 Å². The maximum Gasteiger partial charge on any atom is 0.158 e. The summed E-state index contributed by atoms with van der Waals surface area (Å²) in [5.74, 6) is 1.59. The van der Waals surface area contributed by atoms with Crippen molar-refractivity contribution in [2.24, 2.45) is 0 Å². The Morgan fingerprint density at radius 1 is 0.952 bits per heavy atom. The van der Waals surface area contributed by atoms with Gasteiger partial charge >= 0.3 is 0 Å². The van der Waals surface area contributed by atoms with Gasteiger partial charge in [0.25, 0.3) is 0 Å². The quantitative estimate of drug-likeness (QED) is 0.718. The lowest BCUT2D eigenvalue weighted by molar-refractivity contribution is 0.306. The third-order valence-electron chi connectivity index (χ3n) is 3.14. The van der Waals surface area contributed by atoms with Crippen molar-refractivity contribution >= 4 is 0 Å². The predicted molar refractivity (Wildman–Crippen MR) is 80.9 cm³/mol. The average Bonchev–Trinajstić information content (AvgIpc) is 3.03. The number of benzene rings is 2. The second-order valence-corrected chi connectivity index (χ2v) is 4.59. The van der Waals surface area contributed by atoms with Gasteiger partial charge in [-0.15, -0.1) is 0 Å². The third-order valence-corrected chi connectivity index (χ3v) is 3.14. The molecule has 106 valence electrons. The first-order valence-corrected chi connectivity index (χ1v) is 6.71. The molecule has 0 unspecified atom stereocenters. The first-order chi connectivity index (χ1) is 10.3. The van der Waals surface area contributed by atoms with Crippen LogP contribution in [0.5, 0.6) is 11.5 Å². The highest BCUT2D eigenvalue weighted by molar-refractivity contribution is 5.32. The fourth-order valence-corrected chi connectivity index (χ4v) is 1.99. The first kappa shape index (κ1) is 13.2. The van der Waals surface area contributed by atoms with Crippen LogP contribution in [0.1, 0.15) is 5.56 Å². The summed E-state index contributed by atoms with van der Waals surface area (Å²) in [6, 6.07) is 17.8. The van der Waals surface area contributed by atoms with Crippen molar-refractivity contribution < 1.29 is 9.47 Å². The predicted octanol–water partition coefficient (Wildman–Crippen LogP) is 3.46. The lowest BCUT2D eigenvalue weighted by Crippen LogP contribution is -1.95. The van der Waals surface area contributed by atoms with E-state index in [1.807, 2.05) is 60.8 Å². The highest BCUT2D eigenvalue weighted by atomic mass is 16.5. The van der Waals surface area contributed by atoms with Gasteiger partial charge in [0.1, 0.15) is 12.4 Å². The summed E-state index contributed by atoms with van der Waals surface area (Å²) in [6.45, 7) is 0.504. The zero-order valence-corrected chi connectivity index (χ0v) is 11.8. The van der Waals surface area contributed by atoms with Crippen LogP contribution >= 0.6 is 0 Å². The number of para-hydroxylation sites is 1. The fourth-order valence-electron chi connectivity index (χ4n) is 1.99. The molecule has 1 aromatic heterocycles. The van der Waals surface area contributed by atoms with Gasteiger partial charge in [0.15, 0.2) is 5.75 Å². The minimum atomic E-state index is 0.504. The third kappa shape index (κ3) is 3.23. The van der Waals surface area contributed by atoms with Crippen LogP contribution in [0.15, 0.2) is 67.0 Å².